The van der Waals surface area contributed by atoms with Crippen LogP contribution in [0, 0.1) is 0 Å². The third kappa shape index (κ3) is 3.51. The summed E-state index contributed by atoms with van der Waals surface area (Å²) in [5, 5.41) is 1.11. The molecule has 1 heterocycles. The zero-order chi connectivity index (χ0) is 12.2. The average Bonchev–Trinajstić information content (AvgIpc) is 2.67. The number of nitrogens with one attached hydrogen (secondary N) is 1. The van der Waals surface area contributed by atoms with Crippen LogP contribution in [0.25, 0.3) is 0 Å². The predicted octanol–water partition coefficient (Wildman–Crippen LogP) is 1.23. The molecule has 0 aromatic carbocycles. The number of sulfonamides is 1. The Morgan fingerprint density at radius 1 is 1.69 bits per heavy atom. The van der Waals surface area contributed by atoms with Gasteiger partial charge in [0.1, 0.15) is 5.25 Å². The molecule has 4 nitrogen and oxygen atoms in total. The highest BCUT2D eigenvalue weighted by atomic mass is 32.2. The molecule has 90 valence electrons. The van der Waals surface area contributed by atoms with Crippen molar-refractivity contribution in [1.82, 2.24) is 4.72 Å². The Bertz CT molecular complexity index is 439. The van der Waals surface area contributed by atoms with Gasteiger partial charge < -0.3 is 5.73 Å². The molecule has 1 aromatic rings. The van der Waals surface area contributed by atoms with Crippen molar-refractivity contribution in [1.29, 1.82) is 0 Å². The summed E-state index contributed by atoms with van der Waals surface area (Å²) in [6, 6.07) is 3.74. The van der Waals surface area contributed by atoms with E-state index in [0.29, 0.717) is 13.0 Å². The zero-order valence-electron chi connectivity index (χ0n) is 8.84. The minimum Gasteiger partial charge on any atom is -0.392 e. The maximum Gasteiger partial charge on any atom is 0.221 e. The van der Waals surface area contributed by atoms with Gasteiger partial charge in [0.25, 0.3) is 0 Å². The predicted molar refractivity (Wildman–Crippen MR) is 70.9 cm³/mol. The highest BCUT2D eigenvalue weighted by Crippen LogP contribution is 2.10. The van der Waals surface area contributed by atoms with E-state index in [1.165, 1.54) is 11.3 Å². The van der Waals surface area contributed by atoms with Gasteiger partial charge >= 0.3 is 0 Å². The third-order valence-corrected chi connectivity index (χ3v) is 5.28. The van der Waals surface area contributed by atoms with E-state index in [-0.39, 0.29) is 4.99 Å². The number of rotatable bonds is 6. The Balaban J connectivity index is 2.67. The molecule has 0 radical (unpaired) electrons. The molecule has 16 heavy (non-hydrogen) atoms. The van der Waals surface area contributed by atoms with E-state index < -0.39 is 15.3 Å². The van der Waals surface area contributed by atoms with Crippen molar-refractivity contribution in [2.75, 3.05) is 0 Å². The lowest BCUT2D eigenvalue weighted by Crippen LogP contribution is -2.41. The van der Waals surface area contributed by atoms with E-state index in [1.54, 1.807) is 6.92 Å². The molecule has 1 rings (SSSR count). The van der Waals surface area contributed by atoms with Crippen molar-refractivity contribution in [2.45, 2.75) is 25.1 Å². The first kappa shape index (κ1) is 13.6. The molecule has 1 unspecified atom stereocenters. The summed E-state index contributed by atoms with van der Waals surface area (Å²) in [5.74, 6) is 0. The molecule has 0 saturated carbocycles. The number of thiocarbonyl (C=S) groups is 1. The average molecular weight is 278 g/mol. The van der Waals surface area contributed by atoms with Gasteiger partial charge in [-0.3, -0.25) is 0 Å². The largest absolute Gasteiger partial charge is 0.392 e. The minimum atomic E-state index is -3.46. The minimum absolute atomic E-state index is 0.0150. The second-order valence-corrected chi connectivity index (χ2v) is 6.70. The zero-order valence-corrected chi connectivity index (χ0v) is 11.3. The van der Waals surface area contributed by atoms with Gasteiger partial charge in [0.15, 0.2) is 0 Å². The third-order valence-electron chi connectivity index (χ3n) is 2.09. The molecule has 0 saturated heterocycles. The topological polar surface area (TPSA) is 72.2 Å². The Morgan fingerprint density at radius 2 is 2.38 bits per heavy atom. The van der Waals surface area contributed by atoms with E-state index >= 15 is 0 Å². The summed E-state index contributed by atoms with van der Waals surface area (Å²) in [5.41, 5.74) is 5.40. The van der Waals surface area contributed by atoms with Crippen LogP contribution in [0.5, 0.6) is 0 Å². The molecule has 0 bridgehead atoms. The van der Waals surface area contributed by atoms with Crippen LogP contribution in [0.4, 0.5) is 0 Å². The van der Waals surface area contributed by atoms with Crippen molar-refractivity contribution in [3.8, 4) is 0 Å². The molecule has 1 atom stereocenters. The standard InChI is InChI=1S/C9H14N2O2S3/c1-2-8(9(10)14)16(12,13)11-6-7-4-3-5-15-7/h3-5,8,11H,2,6H2,1H3,(H2,10,14). The molecule has 7 heteroatoms. The lowest BCUT2D eigenvalue weighted by atomic mass is 10.3. The molecule has 0 aliphatic carbocycles. The molecule has 1 aromatic heterocycles. The van der Waals surface area contributed by atoms with E-state index in [2.05, 4.69) is 4.72 Å². The van der Waals surface area contributed by atoms with Crippen LogP contribution in [0.1, 0.15) is 18.2 Å². The van der Waals surface area contributed by atoms with Crippen LogP contribution in [0.2, 0.25) is 0 Å². The quantitative estimate of drug-likeness (QED) is 0.768. The SMILES string of the molecule is CCC(C(N)=S)S(=O)(=O)NCc1cccs1. The van der Waals surface area contributed by atoms with E-state index in [4.69, 9.17) is 18.0 Å². The summed E-state index contributed by atoms with van der Waals surface area (Å²) in [7, 11) is -3.46. The second-order valence-electron chi connectivity index (χ2n) is 3.24. The molecule has 0 spiro atoms. The van der Waals surface area contributed by atoms with E-state index in [9.17, 15) is 8.42 Å². The van der Waals surface area contributed by atoms with Gasteiger partial charge in [0, 0.05) is 11.4 Å². The molecule has 0 amide bonds. The van der Waals surface area contributed by atoms with E-state index in [1.807, 2.05) is 17.5 Å². The smallest absolute Gasteiger partial charge is 0.221 e. The highest BCUT2D eigenvalue weighted by molar-refractivity contribution is 7.93. The maximum atomic E-state index is 11.8. The maximum absolute atomic E-state index is 11.8. The first-order valence-corrected chi connectivity index (χ1v) is 7.61. The van der Waals surface area contributed by atoms with Gasteiger partial charge in [0.2, 0.25) is 10.0 Å². The molecular formula is C9H14N2O2S3. The normalized spacial score (nSPS) is 13.6. The summed E-state index contributed by atoms with van der Waals surface area (Å²) < 4.78 is 26.2. The van der Waals surface area contributed by atoms with Crippen molar-refractivity contribution < 1.29 is 8.42 Å². The van der Waals surface area contributed by atoms with Crippen LogP contribution in [0.3, 0.4) is 0 Å². The van der Waals surface area contributed by atoms with E-state index in [0.717, 1.165) is 4.88 Å². The highest BCUT2D eigenvalue weighted by Gasteiger charge is 2.25. The molecular weight excluding hydrogens is 264 g/mol. The summed E-state index contributed by atoms with van der Waals surface area (Å²) in [6.07, 6.45) is 0.384. The van der Waals surface area contributed by atoms with Gasteiger partial charge in [-0.2, -0.15) is 0 Å². The van der Waals surface area contributed by atoms with Crippen molar-refractivity contribution >= 4 is 38.6 Å². The van der Waals surface area contributed by atoms with Crippen molar-refractivity contribution in [2.24, 2.45) is 5.73 Å². The molecule has 0 fully saturated rings. The van der Waals surface area contributed by atoms with Crippen LogP contribution < -0.4 is 10.5 Å². The van der Waals surface area contributed by atoms with Crippen molar-refractivity contribution in [3.05, 3.63) is 22.4 Å². The van der Waals surface area contributed by atoms with Gasteiger partial charge in [-0.15, -0.1) is 11.3 Å². The Morgan fingerprint density at radius 3 is 2.81 bits per heavy atom. The fourth-order valence-electron chi connectivity index (χ4n) is 1.26. The summed E-state index contributed by atoms with van der Waals surface area (Å²) in [6.45, 7) is 2.04. The Kier molecular flexibility index (Phi) is 4.85. The van der Waals surface area contributed by atoms with Crippen LogP contribution in [0.15, 0.2) is 17.5 Å². The van der Waals surface area contributed by atoms with Gasteiger partial charge in [-0.25, -0.2) is 13.1 Å². The monoisotopic (exact) mass is 278 g/mol. The lowest BCUT2D eigenvalue weighted by Gasteiger charge is -2.14. The molecule has 0 aliphatic rings. The number of hydrogen-bond acceptors (Lipinski definition) is 4. The lowest BCUT2D eigenvalue weighted by molar-refractivity contribution is 0.574. The fraction of sp³-hybridized carbons (Fsp3) is 0.444. The van der Waals surface area contributed by atoms with Crippen molar-refractivity contribution in [3.63, 3.8) is 0 Å². The number of hydrogen-bond donors (Lipinski definition) is 2. The number of nitrogens with two attached hydrogens (primary N) is 1. The fourth-order valence-corrected chi connectivity index (χ4v) is 3.84. The Hall–Kier alpha value is -0.500. The summed E-state index contributed by atoms with van der Waals surface area (Å²) >= 11 is 6.24. The molecule has 3 N–H and O–H groups in total. The second kappa shape index (κ2) is 5.72. The summed E-state index contributed by atoms with van der Waals surface area (Å²) in [4.78, 5) is 0.975. The Labute approximate surface area is 105 Å². The number of thiophene rings is 1. The van der Waals surface area contributed by atoms with Crippen LogP contribution in [-0.2, 0) is 16.6 Å². The van der Waals surface area contributed by atoms with Gasteiger partial charge in [-0.05, 0) is 17.9 Å². The molecule has 0 aliphatic heterocycles. The first-order chi connectivity index (χ1) is 7.47. The van der Waals surface area contributed by atoms with Crippen LogP contribution >= 0.6 is 23.6 Å². The van der Waals surface area contributed by atoms with Gasteiger partial charge in [-0.1, -0.05) is 25.2 Å². The first-order valence-electron chi connectivity index (χ1n) is 4.77. The van der Waals surface area contributed by atoms with Crippen LogP contribution in [-0.4, -0.2) is 18.7 Å². The van der Waals surface area contributed by atoms with Gasteiger partial charge in [0.05, 0.1) is 4.99 Å².